The van der Waals surface area contributed by atoms with Crippen LogP contribution in [-0.2, 0) is 9.59 Å². The zero-order chi connectivity index (χ0) is 15.1. The van der Waals surface area contributed by atoms with E-state index in [1.807, 2.05) is 6.92 Å². The van der Waals surface area contributed by atoms with Gasteiger partial charge in [-0.15, -0.1) is 0 Å². The highest BCUT2D eigenvalue weighted by molar-refractivity contribution is 6.36. The van der Waals surface area contributed by atoms with Crippen molar-refractivity contribution in [2.75, 3.05) is 5.32 Å². The van der Waals surface area contributed by atoms with Crippen molar-refractivity contribution in [3.05, 3.63) is 28.2 Å². The third-order valence-electron chi connectivity index (χ3n) is 2.91. The lowest BCUT2D eigenvalue weighted by molar-refractivity contribution is -0.142. The molecule has 0 bridgehead atoms. The number of carbonyl (C=O) groups excluding carboxylic acids is 1. The van der Waals surface area contributed by atoms with E-state index in [0.717, 1.165) is 6.42 Å². The highest BCUT2D eigenvalue weighted by Gasteiger charge is 2.18. The quantitative estimate of drug-likeness (QED) is 0.791. The molecule has 0 radical (unpaired) electrons. The summed E-state index contributed by atoms with van der Waals surface area (Å²) in [6.45, 7) is 1.92. The molecule has 0 spiro atoms. The van der Waals surface area contributed by atoms with E-state index in [1.54, 1.807) is 12.1 Å². The van der Waals surface area contributed by atoms with Gasteiger partial charge in [0, 0.05) is 11.4 Å². The first kappa shape index (κ1) is 16.8. The molecular formula is C14H17Cl2NO3. The number of aliphatic carboxylic acids is 1. The van der Waals surface area contributed by atoms with Crippen molar-refractivity contribution in [2.24, 2.45) is 5.92 Å². The molecule has 4 nitrogen and oxygen atoms in total. The maximum atomic E-state index is 11.8. The van der Waals surface area contributed by atoms with Crippen molar-refractivity contribution in [1.29, 1.82) is 0 Å². The van der Waals surface area contributed by atoms with Gasteiger partial charge in [0.15, 0.2) is 0 Å². The molecule has 0 aromatic heterocycles. The van der Waals surface area contributed by atoms with Crippen molar-refractivity contribution in [3.63, 3.8) is 0 Å². The second kappa shape index (κ2) is 8.12. The molecular weight excluding hydrogens is 301 g/mol. The van der Waals surface area contributed by atoms with Crippen molar-refractivity contribution < 1.29 is 14.7 Å². The summed E-state index contributed by atoms with van der Waals surface area (Å²) < 4.78 is 0. The van der Waals surface area contributed by atoms with E-state index >= 15 is 0 Å². The first-order valence-electron chi connectivity index (χ1n) is 6.41. The molecule has 0 saturated carbocycles. The Kier molecular flexibility index (Phi) is 6.82. The largest absolute Gasteiger partial charge is 0.481 e. The molecule has 1 aromatic rings. The number of benzene rings is 1. The zero-order valence-electron chi connectivity index (χ0n) is 11.2. The topological polar surface area (TPSA) is 66.4 Å². The Morgan fingerprint density at radius 3 is 2.55 bits per heavy atom. The van der Waals surface area contributed by atoms with Crippen LogP contribution in [-0.4, -0.2) is 17.0 Å². The molecule has 1 rings (SSSR count). The fraction of sp³-hybridized carbons (Fsp3) is 0.429. The molecule has 0 aliphatic carbocycles. The summed E-state index contributed by atoms with van der Waals surface area (Å²) in [6.07, 6.45) is 1.82. The minimum atomic E-state index is -0.857. The number of anilines is 1. The van der Waals surface area contributed by atoms with Crippen LogP contribution in [0.3, 0.4) is 0 Å². The third kappa shape index (κ3) is 5.39. The fourth-order valence-corrected chi connectivity index (χ4v) is 2.30. The van der Waals surface area contributed by atoms with Gasteiger partial charge in [0.05, 0.1) is 16.6 Å². The molecule has 20 heavy (non-hydrogen) atoms. The number of carboxylic acid groups (broad SMARTS) is 1. The highest BCUT2D eigenvalue weighted by Crippen LogP contribution is 2.25. The normalized spacial score (nSPS) is 11.9. The Balaban J connectivity index is 2.53. The van der Waals surface area contributed by atoms with Crippen LogP contribution in [0.2, 0.25) is 10.0 Å². The van der Waals surface area contributed by atoms with Crippen LogP contribution in [0.15, 0.2) is 18.2 Å². The SMILES string of the molecule is CCC[C@H](CCC(=O)Nc1ccc(Cl)cc1Cl)C(=O)O. The van der Waals surface area contributed by atoms with E-state index in [9.17, 15) is 9.59 Å². The first-order valence-corrected chi connectivity index (χ1v) is 7.17. The molecule has 0 saturated heterocycles. The molecule has 0 unspecified atom stereocenters. The number of carboxylic acids is 1. The third-order valence-corrected chi connectivity index (χ3v) is 3.46. The standard InChI is InChI=1S/C14H17Cl2NO3/c1-2-3-9(14(19)20)4-7-13(18)17-12-6-5-10(15)8-11(12)16/h5-6,8-9H,2-4,7H2,1H3,(H,17,18)(H,19,20)/t9-/m1/s1. The molecule has 0 heterocycles. The van der Waals surface area contributed by atoms with Crippen molar-refractivity contribution in [1.82, 2.24) is 0 Å². The van der Waals surface area contributed by atoms with Crippen LogP contribution in [0.5, 0.6) is 0 Å². The average Bonchev–Trinajstić information content (AvgIpc) is 2.37. The predicted molar refractivity (Wildman–Crippen MR) is 80.4 cm³/mol. The van der Waals surface area contributed by atoms with E-state index in [4.69, 9.17) is 28.3 Å². The van der Waals surface area contributed by atoms with Gasteiger partial charge in [0.2, 0.25) is 5.91 Å². The maximum Gasteiger partial charge on any atom is 0.306 e. The van der Waals surface area contributed by atoms with Crippen LogP contribution in [0.4, 0.5) is 5.69 Å². The molecule has 0 fully saturated rings. The number of carbonyl (C=O) groups is 2. The summed E-state index contributed by atoms with van der Waals surface area (Å²) in [6, 6.07) is 4.78. The van der Waals surface area contributed by atoms with Crippen molar-refractivity contribution in [2.45, 2.75) is 32.6 Å². The molecule has 1 aromatic carbocycles. The van der Waals surface area contributed by atoms with Gasteiger partial charge in [-0.2, -0.15) is 0 Å². The Morgan fingerprint density at radius 2 is 2.00 bits per heavy atom. The molecule has 2 N–H and O–H groups in total. The summed E-state index contributed by atoms with van der Waals surface area (Å²) >= 11 is 11.7. The molecule has 1 amide bonds. The van der Waals surface area contributed by atoms with E-state index in [1.165, 1.54) is 6.07 Å². The van der Waals surface area contributed by atoms with Gasteiger partial charge in [0.1, 0.15) is 0 Å². The Bertz CT molecular complexity index is 491. The van der Waals surface area contributed by atoms with Crippen LogP contribution < -0.4 is 5.32 Å². The Labute approximate surface area is 128 Å². The molecule has 0 aliphatic rings. The number of hydrogen-bond donors (Lipinski definition) is 2. The second-order valence-corrected chi connectivity index (χ2v) is 5.38. The zero-order valence-corrected chi connectivity index (χ0v) is 12.7. The number of nitrogens with one attached hydrogen (secondary N) is 1. The smallest absolute Gasteiger partial charge is 0.306 e. The van der Waals surface area contributed by atoms with Crippen LogP contribution >= 0.6 is 23.2 Å². The van der Waals surface area contributed by atoms with Gasteiger partial charge >= 0.3 is 5.97 Å². The van der Waals surface area contributed by atoms with Crippen LogP contribution in [0.25, 0.3) is 0 Å². The maximum absolute atomic E-state index is 11.8. The Morgan fingerprint density at radius 1 is 1.30 bits per heavy atom. The summed E-state index contributed by atoms with van der Waals surface area (Å²) in [5.41, 5.74) is 0.475. The Hall–Kier alpha value is -1.26. The van der Waals surface area contributed by atoms with Crippen LogP contribution in [0, 0.1) is 5.92 Å². The summed E-state index contributed by atoms with van der Waals surface area (Å²) in [4.78, 5) is 22.8. The van der Waals surface area contributed by atoms with Gasteiger partial charge in [-0.25, -0.2) is 0 Å². The first-order chi connectivity index (χ1) is 9.43. The summed E-state index contributed by atoms with van der Waals surface area (Å²) in [7, 11) is 0. The summed E-state index contributed by atoms with van der Waals surface area (Å²) in [5, 5.41) is 12.5. The van der Waals surface area contributed by atoms with E-state index in [-0.39, 0.29) is 12.3 Å². The lowest BCUT2D eigenvalue weighted by Crippen LogP contribution is -2.18. The molecule has 0 aliphatic heterocycles. The van der Waals surface area contributed by atoms with Gasteiger partial charge in [0.25, 0.3) is 0 Å². The predicted octanol–water partition coefficient (Wildman–Crippen LogP) is 4.21. The van der Waals surface area contributed by atoms with Gasteiger partial charge < -0.3 is 10.4 Å². The lowest BCUT2D eigenvalue weighted by Gasteiger charge is -2.11. The highest BCUT2D eigenvalue weighted by atomic mass is 35.5. The molecule has 110 valence electrons. The van der Waals surface area contributed by atoms with Crippen molar-refractivity contribution >= 4 is 40.8 Å². The minimum absolute atomic E-state index is 0.149. The second-order valence-electron chi connectivity index (χ2n) is 4.53. The van der Waals surface area contributed by atoms with Gasteiger partial charge in [-0.1, -0.05) is 36.5 Å². The number of rotatable bonds is 7. The van der Waals surface area contributed by atoms with E-state index in [0.29, 0.717) is 28.6 Å². The molecule has 6 heteroatoms. The monoisotopic (exact) mass is 317 g/mol. The van der Waals surface area contributed by atoms with Gasteiger partial charge in [-0.05, 0) is 31.0 Å². The number of hydrogen-bond acceptors (Lipinski definition) is 2. The average molecular weight is 318 g/mol. The van der Waals surface area contributed by atoms with Gasteiger partial charge in [-0.3, -0.25) is 9.59 Å². The van der Waals surface area contributed by atoms with E-state index < -0.39 is 11.9 Å². The van der Waals surface area contributed by atoms with E-state index in [2.05, 4.69) is 5.32 Å². The minimum Gasteiger partial charge on any atom is -0.481 e. The number of halogens is 2. The van der Waals surface area contributed by atoms with Crippen molar-refractivity contribution in [3.8, 4) is 0 Å². The molecule has 1 atom stereocenters. The fourth-order valence-electron chi connectivity index (χ4n) is 1.85. The summed E-state index contributed by atoms with van der Waals surface area (Å²) in [5.74, 6) is -1.59. The lowest BCUT2D eigenvalue weighted by atomic mass is 9.98. The number of amides is 1. The van der Waals surface area contributed by atoms with Crippen LogP contribution in [0.1, 0.15) is 32.6 Å².